The largest absolute Gasteiger partial charge is 0.495 e. The van der Waals surface area contributed by atoms with Crippen LogP contribution in [0, 0.1) is 10.1 Å². The Morgan fingerprint density at radius 1 is 1.11 bits per heavy atom. The summed E-state index contributed by atoms with van der Waals surface area (Å²) in [6.45, 7) is 1.44. The van der Waals surface area contributed by atoms with Crippen LogP contribution in [0.3, 0.4) is 0 Å². The fraction of sp³-hybridized carbons (Fsp3) is 0.148. The Morgan fingerprint density at radius 3 is 2.53 bits per heavy atom. The van der Waals surface area contributed by atoms with Crippen molar-refractivity contribution in [1.82, 2.24) is 14.9 Å². The van der Waals surface area contributed by atoms with Crippen molar-refractivity contribution < 1.29 is 14.5 Å². The summed E-state index contributed by atoms with van der Waals surface area (Å²) in [5.41, 5.74) is 3.73. The average molecular weight is 529 g/mol. The number of hydrogen-bond donors (Lipinski definition) is 2. The summed E-state index contributed by atoms with van der Waals surface area (Å²) >= 11 is 5.83. The third-order valence-electron chi connectivity index (χ3n) is 6.29. The normalized spacial score (nSPS) is 16.7. The van der Waals surface area contributed by atoms with E-state index in [2.05, 4.69) is 15.6 Å². The smallest absolute Gasteiger partial charge is 0.269 e. The fourth-order valence-electron chi connectivity index (χ4n) is 4.67. The molecule has 2 aromatic heterocycles. The van der Waals surface area contributed by atoms with Gasteiger partial charge in [0, 0.05) is 48.5 Å². The monoisotopic (exact) mass is 528 g/mol. The number of carbonyl (C=O) groups is 1. The van der Waals surface area contributed by atoms with E-state index in [1.807, 2.05) is 58.1 Å². The molecule has 2 N–H and O–H groups in total. The number of amides is 1. The number of methoxy groups -OCH3 is 1. The van der Waals surface area contributed by atoms with Gasteiger partial charge in [0.05, 0.1) is 29.5 Å². The summed E-state index contributed by atoms with van der Waals surface area (Å²) in [7, 11) is 1.54. The van der Waals surface area contributed by atoms with Crippen molar-refractivity contribution in [3.8, 4) is 11.4 Å². The average Bonchev–Trinajstić information content (AvgIpc) is 3.53. The SMILES string of the molecule is COc1ccc(N2C(=S)N[C@H](c3ccccn3)[C@H]2c2cccn2-c2ccc([N+](=O)[O-])cc2)cc1NC(C)=O. The number of carbonyl (C=O) groups excluding carboxylic acids is 1. The highest BCUT2D eigenvalue weighted by atomic mass is 32.1. The van der Waals surface area contributed by atoms with Gasteiger partial charge in [0.2, 0.25) is 5.91 Å². The number of benzene rings is 2. The minimum absolute atomic E-state index is 0.0166. The van der Waals surface area contributed by atoms with Crippen molar-refractivity contribution in [2.24, 2.45) is 0 Å². The summed E-state index contributed by atoms with van der Waals surface area (Å²) in [6, 6.07) is 20.8. The molecule has 11 heteroatoms. The van der Waals surface area contributed by atoms with Gasteiger partial charge in [-0.3, -0.25) is 19.9 Å². The first-order chi connectivity index (χ1) is 18.4. The number of thiocarbonyl (C=S) groups is 1. The van der Waals surface area contributed by atoms with E-state index in [1.54, 1.807) is 31.5 Å². The van der Waals surface area contributed by atoms with Gasteiger partial charge < -0.3 is 24.8 Å². The highest BCUT2D eigenvalue weighted by Gasteiger charge is 2.42. The standard InChI is InChI=1S/C27H24N6O4S/c1-17(34)29-22-16-20(12-13-24(22)37-2)32-26(25(30-27(32)38)21-6-3-4-14-28-21)23-7-5-15-31(23)18-8-10-19(11-9-18)33(35)36/h3-16,25-26H,1-2H3,(H,29,34)(H,30,38)/t25-,26-/m1/s1. The van der Waals surface area contributed by atoms with Gasteiger partial charge in [-0.1, -0.05) is 6.07 Å². The lowest BCUT2D eigenvalue weighted by Gasteiger charge is -2.29. The van der Waals surface area contributed by atoms with Gasteiger partial charge in [-0.25, -0.2) is 0 Å². The second-order valence-corrected chi connectivity index (χ2v) is 9.03. The van der Waals surface area contributed by atoms with Gasteiger partial charge >= 0.3 is 0 Å². The highest BCUT2D eigenvalue weighted by molar-refractivity contribution is 7.80. The predicted molar refractivity (Wildman–Crippen MR) is 148 cm³/mol. The van der Waals surface area contributed by atoms with Crippen LogP contribution in [-0.4, -0.2) is 32.6 Å². The summed E-state index contributed by atoms with van der Waals surface area (Å²) in [6.07, 6.45) is 3.64. The number of non-ortho nitro benzene ring substituents is 1. The molecule has 1 aliphatic rings. The number of anilines is 2. The molecule has 1 aliphatic heterocycles. The number of nitro groups is 1. The zero-order valence-electron chi connectivity index (χ0n) is 20.6. The molecule has 0 bridgehead atoms. The van der Waals surface area contributed by atoms with E-state index in [4.69, 9.17) is 17.0 Å². The van der Waals surface area contributed by atoms with E-state index < -0.39 is 4.92 Å². The van der Waals surface area contributed by atoms with E-state index in [0.717, 1.165) is 22.8 Å². The van der Waals surface area contributed by atoms with Crippen LogP contribution in [-0.2, 0) is 4.79 Å². The summed E-state index contributed by atoms with van der Waals surface area (Å²) in [5, 5.41) is 17.9. The van der Waals surface area contributed by atoms with Gasteiger partial charge in [-0.05, 0) is 66.8 Å². The zero-order chi connectivity index (χ0) is 26.8. The fourth-order valence-corrected chi connectivity index (χ4v) is 5.02. The zero-order valence-corrected chi connectivity index (χ0v) is 21.4. The molecule has 0 spiro atoms. The van der Waals surface area contributed by atoms with Crippen molar-refractivity contribution in [2.45, 2.75) is 19.0 Å². The maximum Gasteiger partial charge on any atom is 0.269 e. The third kappa shape index (κ3) is 4.66. The van der Waals surface area contributed by atoms with Crippen LogP contribution in [0.15, 0.2) is 85.2 Å². The summed E-state index contributed by atoms with van der Waals surface area (Å²) in [5.74, 6) is 0.298. The first-order valence-corrected chi connectivity index (χ1v) is 12.2. The Kier molecular flexibility index (Phi) is 6.75. The van der Waals surface area contributed by atoms with Crippen LogP contribution < -0.4 is 20.3 Å². The molecule has 0 saturated carbocycles. The van der Waals surface area contributed by atoms with E-state index in [1.165, 1.54) is 19.1 Å². The van der Waals surface area contributed by atoms with Crippen molar-refractivity contribution in [1.29, 1.82) is 0 Å². The maximum atomic E-state index is 11.9. The van der Waals surface area contributed by atoms with Crippen molar-refractivity contribution in [3.63, 3.8) is 0 Å². The van der Waals surface area contributed by atoms with E-state index in [0.29, 0.717) is 16.5 Å². The Labute approximate surface area is 224 Å². The Hall–Kier alpha value is -4.77. The van der Waals surface area contributed by atoms with Gasteiger partial charge in [-0.15, -0.1) is 0 Å². The molecule has 0 aliphatic carbocycles. The van der Waals surface area contributed by atoms with Crippen LogP contribution >= 0.6 is 12.2 Å². The Morgan fingerprint density at radius 2 is 1.87 bits per heavy atom. The minimum atomic E-state index is -0.422. The van der Waals surface area contributed by atoms with Crippen molar-refractivity contribution >= 4 is 40.3 Å². The molecule has 3 heterocycles. The lowest BCUT2D eigenvalue weighted by molar-refractivity contribution is -0.384. The van der Waals surface area contributed by atoms with E-state index in [9.17, 15) is 14.9 Å². The second kappa shape index (κ2) is 10.3. The molecule has 1 fully saturated rings. The van der Waals surface area contributed by atoms with Crippen molar-refractivity contribution in [3.05, 3.63) is 107 Å². The van der Waals surface area contributed by atoms with Crippen LogP contribution in [0.5, 0.6) is 5.75 Å². The summed E-state index contributed by atoms with van der Waals surface area (Å²) < 4.78 is 7.42. The highest BCUT2D eigenvalue weighted by Crippen LogP contribution is 2.43. The number of pyridine rings is 1. The molecule has 1 amide bonds. The van der Waals surface area contributed by atoms with Crippen LogP contribution in [0.25, 0.3) is 5.69 Å². The number of aromatic nitrogens is 2. The van der Waals surface area contributed by atoms with Gasteiger partial charge in [-0.2, -0.15) is 0 Å². The van der Waals surface area contributed by atoms with Crippen LogP contribution in [0.1, 0.15) is 30.4 Å². The molecule has 10 nitrogen and oxygen atoms in total. The van der Waals surface area contributed by atoms with Gasteiger partial charge in [0.1, 0.15) is 11.8 Å². The van der Waals surface area contributed by atoms with Crippen molar-refractivity contribution in [2.75, 3.05) is 17.3 Å². The summed E-state index contributed by atoms with van der Waals surface area (Å²) in [4.78, 5) is 29.2. The minimum Gasteiger partial charge on any atom is -0.495 e. The number of ether oxygens (including phenoxy) is 1. The predicted octanol–water partition coefficient (Wildman–Crippen LogP) is 4.92. The lowest BCUT2D eigenvalue weighted by Crippen LogP contribution is -2.30. The van der Waals surface area contributed by atoms with E-state index >= 15 is 0 Å². The van der Waals surface area contributed by atoms with Gasteiger partial charge in [0.25, 0.3) is 5.69 Å². The molecular weight excluding hydrogens is 504 g/mol. The number of rotatable bonds is 7. The Bertz CT molecular complexity index is 1510. The Balaban J connectivity index is 1.64. The number of nitro benzene ring substituents is 1. The molecule has 4 aromatic rings. The number of nitrogens with one attached hydrogen (secondary N) is 2. The molecule has 2 atom stereocenters. The lowest BCUT2D eigenvalue weighted by atomic mass is 10.0. The van der Waals surface area contributed by atoms with Crippen LogP contribution in [0.4, 0.5) is 17.1 Å². The third-order valence-corrected chi connectivity index (χ3v) is 6.61. The molecule has 0 radical (unpaired) electrons. The molecular formula is C27H24N6O4S. The molecule has 192 valence electrons. The number of hydrogen-bond acceptors (Lipinski definition) is 6. The quantitative estimate of drug-likeness (QED) is 0.197. The van der Waals surface area contributed by atoms with Crippen LogP contribution in [0.2, 0.25) is 0 Å². The maximum absolute atomic E-state index is 11.9. The first kappa shape index (κ1) is 24.9. The second-order valence-electron chi connectivity index (χ2n) is 8.64. The molecule has 2 aromatic carbocycles. The molecule has 0 unspecified atom stereocenters. The topological polar surface area (TPSA) is 115 Å². The van der Waals surface area contributed by atoms with Gasteiger partial charge in [0.15, 0.2) is 5.11 Å². The first-order valence-electron chi connectivity index (χ1n) is 11.8. The number of nitrogens with zero attached hydrogens (tertiary/aromatic N) is 4. The molecule has 5 rings (SSSR count). The molecule has 38 heavy (non-hydrogen) atoms. The van der Waals surface area contributed by atoms with E-state index in [-0.39, 0.29) is 23.7 Å². The molecule has 1 saturated heterocycles.